The number of benzene rings is 3. The van der Waals surface area contributed by atoms with Crippen LogP contribution >= 0.6 is 0 Å². The van der Waals surface area contributed by atoms with E-state index in [-0.39, 0.29) is 23.7 Å². The SMILES string of the molecule is Cn1nnnc1-c1c(F)cccc1-c1ccc(F)c2c1CC[C@H]2Oc1ccc2c(c1)OC[C@H]2CC(=O)O. The molecule has 8 nitrogen and oxygen atoms in total. The zero-order valence-corrected chi connectivity index (χ0v) is 19.8. The van der Waals surface area contributed by atoms with E-state index < -0.39 is 23.7 Å². The lowest BCUT2D eigenvalue weighted by molar-refractivity contribution is -0.137. The minimum atomic E-state index is -0.882. The van der Waals surface area contributed by atoms with Gasteiger partial charge in [-0.3, -0.25) is 4.79 Å². The van der Waals surface area contributed by atoms with Crippen molar-refractivity contribution in [3.8, 4) is 34.0 Å². The highest BCUT2D eigenvalue weighted by Crippen LogP contribution is 2.45. The van der Waals surface area contributed by atoms with Crippen molar-refractivity contribution >= 4 is 5.97 Å². The molecule has 6 rings (SSSR count). The predicted octanol–water partition coefficient (Wildman–Crippen LogP) is 4.84. The highest BCUT2D eigenvalue weighted by molar-refractivity contribution is 5.83. The Balaban J connectivity index is 1.35. The lowest BCUT2D eigenvalue weighted by Crippen LogP contribution is -2.07. The molecule has 2 aliphatic rings. The van der Waals surface area contributed by atoms with Crippen LogP contribution in [0, 0.1) is 11.6 Å². The van der Waals surface area contributed by atoms with E-state index in [2.05, 4.69) is 15.5 Å². The van der Waals surface area contributed by atoms with Crippen LogP contribution in [0.5, 0.6) is 11.5 Å². The first-order valence-electron chi connectivity index (χ1n) is 11.9. The molecule has 0 spiro atoms. The van der Waals surface area contributed by atoms with Crippen molar-refractivity contribution in [2.24, 2.45) is 7.05 Å². The van der Waals surface area contributed by atoms with Gasteiger partial charge in [-0.15, -0.1) is 5.10 Å². The number of carboxylic acids is 1. The highest BCUT2D eigenvalue weighted by Gasteiger charge is 2.32. The van der Waals surface area contributed by atoms with Gasteiger partial charge >= 0.3 is 5.97 Å². The molecule has 0 saturated carbocycles. The number of fused-ring (bicyclic) bond motifs is 2. The minimum Gasteiger partial charge on any atom is -0.492 e. The number of carboxylic acid groups (broad SMARTS) is 1. The quantitative estimate of drug-likeness (QED) is 0.401. The van der Waals surface area contributed by atoms with Crippen LogP contribution in [0.1, 0.15) is 41.6 Å². The molecule has 0 saturated heterocycles. The van der Waals surface area contributed by atoms with E-state index in [1.807, 2.05) is 6.07 Å². The Bertz CT molecular complexity index is 1540. The first kappa shape index (κ1) is 23.1. The predicted molar refractivity (Wildman–Crippen MR) is 128 cm³/mol. The van der Waals surface area contributed by atoms with Crippen LogP contribution in [0.2, 0.25) is 0 Å². The summed E-state index contributed by atoms with van der Waals surface area (Å²) >= 11 is 0. The summed E-state index contributed by atoms with van der Waals surface area (Å²) in [7, 11) is 1.63. The average molecular weight is 504 g/mol. The summed E-state index contributed by atoms with van der Waals surface area (Å²) < 4.78 is 43.5. The number of tetrazole rings is 1. The largest absolute Gasteiger partial charge is 0.492 e. The fourth-order valence-corrected chi connectivity index (χ4v) is 5.33. The van der Waals surface area contributed by atoms with Gasteiger partial charge in [-0.25, -0.2) is 13.5 Å². The summed E-state index contributed by atoms with van der Waals surface area (Å²) in [5, 5.41) is 20.6. The Morgan fingerprint density at radius 2 is 2.03 bits per heavy atom. The van der Waals surface area contributed by atoms with Crippen LogP contribution in [0.4, 0.5) is 8.78 Å². The van der Waals surface area contributed by atoms with Gasteiger partial charge in [0.05, 0.1) is 18.6 Å². The van der Waals surface area contributed by atoms with Crippen LogP contribution in [0.3, 0.4) is 0 Å². The molecule has 0 unspecified atom stereocenters. The normalized spacial score (nSPS) is 17.8. The fourth-order valence-electron chi connectivity index (χ4n) is 5.33. The van der Waals surface area contributed by atoms with Gasteiger partial charge in [0.15, 0.2) is 5.82 Å². The number of hydrogen-bond acceptors (Lipinski definition) is 6. The molecule has 188 valence electrons. The Hall–Kier alpha value is -4.34. The summed E-state index contributed by atoms with van der Waals surface area (Å²) in [5.74, 6) is -0.592. The van der Waals surface area contributed by atoms with Gasteiger partial charge in [0.2, 0.25) is 0 Å². The van der Waals surface area contributed by atoms with Gasteiger partial charge in [-0.1, -0.05) is 24.3 Å². The number of carbonyl (C=O) groups is 1. The number of rotatable bonds is 6. The van der Waals surface area contributed by atoms with E-state index in [4.69, 9.17) is 14.6 Å². The maximum atomic E-state index is 15.2. The highest BCUT2D eigenvalue weighted by atomic mass is 19.1. The Morgan fingerprint density at radius 3 is 2.81 bits per heavy atom. The van der Waals surface area contributed by atoms with E-state index in [1.165, 1.54) is 16.8 Å². The first-order chi connectivity index (χ1) is 17.9. The summed E-state index contributed by atoms with van der Waals surface area (Å²) in [6, 6.07) is 13.1. The monoisotopic (exact) mass is 504 g/mol. The van der Waals surface area contributed by atoms with E-state index in [1.54, 1.807) is 37.4 Å². The summed E-state index contributed by atoms with van der Waals surface area (Å²) in [5.41, 5.74) is 3.55. The van der Waals surface area contributed by atoms with Gasteiger partial charge in [-0.05, 0) is 58.2 Å². The fraction of sp³-hybridized carbons (Fsp3) is 0.259. The number of hydrogen-bond donors (Lipinski definition) is 1. The van der Waals surface area contributed by atoms with E-state index >= 15 is 8.78 Å². The second-order valence-electron chi connectivity index (χ2n) is 9.23. The third kappa shape index (κ3) is 3.98. The molecule has 10 heteroatoms. The molecule has 2 heterocycles. The van der Waals surface area contributed by atoms with Gasteiger partial charge in [0, 0.05) is 30.2 Å². The van der Waals surface area contributed by atoms with Crippen molar-refractivity contribution in [3.05, 3.63) is 76.9 Å². The average Bonchev–Trinajstić information content (AvgIpc) is 3.59. The smallest absolute Gasteiger partial charge is 0.304 e. The summed E-state index contributed by atoms with van der Waals surface area (Å²) in [6.07, 6.45) is 0.531. The van der Waals surface area contributed by atoms with Gasteiger partial charge in [0.25, 0.3) is 0 Å². The number of ether oxygens (including phenoxy) is 2. The molecule has 3 aromatic carbocycles. The molecule has 0 amide bonds. The number of aromatic nitrogens is 4. The van der Waals surface area contributed by atoms with Gasteiger partial charge in [0.1, 0.15) is 29.2 Å². The zero-order chi connectivity index (χ0) is 25.7. The minimum absolute atomic E-state index is 0.0103. The molecule has 37 heavy (non-hydrogen) atoms. The topological polar surface area (TPSA) is 99.4 Å². The second-order valence-corrected chi connectivity index (χ2v) is 9.23. The molecular weight excluding hydrogens is 482 g/mol. The molecule has 0 fully saturated rings. The van der Waals surface area contributed by atoms with Crippen LogP contribution in [0.15, 0.2) is 48.5 Å². The molecule has 1 aromatic heterocycles. The van der Waals surface area contributed by atoms with Crippen molar-refractivity contribution in [1.82, 2.24) is 20.2 Å². The first-order valence-corrected chi connectivity index (χ1v) is 11.9. The number of halogens is 2. The molecule has 1 N–H and O–H groups in total. The third-order valence-corrected chi connectivity index (χ3v) is 6.99. The number of aryl methyl sites for hydroxylation is 1. The second kappa shape index (κ2) is 8.95. The standard InChI is InChI=1S/C27H22F2N4O4/c1-33-27(30-31-32-33)26-18(3-2-4-20(26)28)17-7-9-21(29)25-19(17)8-10-22(25)37-15-5-6-16-14(11-24(34)35)13-36-23(16)12-15/h2-7,9,12,14,22H,8,10-11,13H2,1H3,(H,34,35)/t14-,22-/m1/s1. The molecule has 0 radical (unpaired) electrons. The van der Waals surface area contributed by atoms with E-state index in [0.717, 1.165) is 11.1 Å². The molecular formula is C27H22F2N4O4. The Kier molecular flexibility index (Phi) is 5.58. The number of nitrogens with zero attached hydrogens (tertiary/aromatic N) is 4. The maximum absolute atomic E-state index is 15.2. The van der Waals surface area contributed by atoms with Gasteiger partial charge in [-0.2, -0.15) is 0 Å². The van der Waals surface area contributed by atoms with Crippen LogP contribution in [-0.4, -0.2) is 37.9 Å². The van der Waals surface area contributed by atoms with E-state index in [0.29, 0.717) is 47.6 Å². The van der Waals surface area contributed by atoms with Gasteiger partial charge < -0.3 is 14.6 Å². The zero-order valence-electron chi connectivity index (χ0n) is 19.8. The van der Waals surface area contributed by atoms with E-state index in [9.17, 15) is 4.79 Å². The number of aliphatic carboxylic acids is 1. The molecule has 1 aliphatic carbocycles. The molecule has 0 bridgehead atoms. The van der Waals surface area contributed by atoms with Crippen molar-refractivity contribution in [2.45, 2.75) is 31.3 Å². The Labute approximate surface area is 210 Å². The maximum Gasteiger partial charge on any atom is 0.304 e. The van der Waals surface area contributed by atoms with Crippen molar-refractivity contribution in [2.75, 3.05) is 6.61 Å². The van der Waals surface area contributed by atoms with Crippen molar-refractivity contribution < 1.29 is 28.2 Å². The lowest BCUT2D eigenvalue weighted by atomic mass is 9.92. The van der Waals surface area contributed by atoms with Crippen LogP contribution in [-0.2, 0) is 18.3 Å². The van der Waals surface area contributed by atoms with Crippen LogP contribution in [0.25, 0.3) is 22.5 Å². The molecule has 2 atom stereocenters. The lowest BCUT2D eigenvalue weighted by Gasteiger charge is -2.18. The molecule has 1 aliphatic heterocycles. The van der Waals surface area contributed by atoms with Crippen LogP contribution < -0.4 is 9.47 Å². The van der Waals surface area contributed by atoms with Crippen molar-refractivity contribution in [3.63, 3.8) is 0 Å². The Morgan fingerprint density at radius 1 is 1.16 bits per heavy atom. The summed E-state index contributed by atoms with van der Waals surface area (Å²) in [6.45, 7) is 0.298. The third-order valence-electron chi connectivity index (χ3n) is 6.99. The van der Waals surface area contributed by atoms with Crippen molar-refractivity contribution in [1.29, 1.82) is 0 Å². The summed E-state index contributed by atoms with van der Waals surface area (Å²) in [4.78, 5) is 11.1. The molecule has 4 aromatic rings.